The number of hydrogen-bond donors (Lipinski definition) is 0. The zero-order valence-corrected chi connectivity index (χ0v) is 13.7. The van der Waals surface area contributed by atoms with Crippen molar-refractivity contribution in [3.8, 4) is 0 Å². The zero-order chi connectivity index (χ0) is 17.1. The summed E-state index contributed by atoms with van der Waals surface area (Å²) in [7, 11) is 0. The molecule has 1 aromatic carbocycles. The van der Waals surface area contributed by atoms with Crippen molar-refractivity contribution in [2.75, 3.05) is 31.1 Å². The first-order chi connectivity index (χ1) is 12.3. The third-order valence-corrected chi connectivity index (χ3v) is 4.26. The van der Waals surface area contributed by atoms with E-state index in [1.54, 1.807) is 30.6 Å². The van der Waals surface area contributed by atoms with Crippen LogP contribution in [0.5, 0.6) is 0 Å². The van der Waals surface area contributed by atoms with E-state index in [0.717, 1.165) is 24.1 Å². The van der Waals surface area contributed by atoms with Gasteiger partial charge in [0, 0.05) is 50.0 Å². The van der Waals surface area contributed by atoms with Gasteiger partial charge in [-0.3, -0.25) is 4.79 Å². The van der Waals surface area contributed by atoms with Crippen molar-refractivity contribution in [1.82, 2.24) is 14.9 Å². The van der Waals surface area contributed by atoms with Crippen molar-refractivity contribution in [2.45, 2.75) is 0 Å². The number of amides is 1. The van der Waals surface area contributed by atoms with Gasteiger partial charge in [0.15, 0.2) is 0 Å². The molecule has 0 unspecified atom stereocenters. The summed E-state index contributed by atoms with van der Waals surface area (Å²) in [5, 5.41) is 1.03. The Morgan fingerprint density at radius 2 is 1.80 bits per heavy atom. The summed E-state index contributed by atoms with van der Waals surface area (Å²) in [4.78, 5) is 24.8. The van der Waals surface area contributed by atoms with Crippen LogP contribution in [0.15, 0.2) is 59.3 Å². The number of benzene rings is 1. The topological polar surface area (TPSA) is 62.5 Å². The minimum atomic E-state index is -0.00548. The highest BCUT2D eigenvalue weighted by Crippen LogP contribution is 2.19. The number of rotatable bonds is 3. The highest BCUT2D eigenvalue weighted by Gasteiger charge is 2.21. The lowest BCUT2D eigenvalue weighted by atomic mass is 10.2. The Balaban J connectivity index is 1.37. The number of carbonyl (C=O) groups excluding carboxylic acids is 1. The Kier molecular flexibility index (Phi) is 4.16. The standard InChI is InChI=1S/C19H18N4O2/c24-18(7-6-16-14-15-4-1-2-5-17(15)25-16)22-10-12-23(13-11-22)19-20-8-3-9-21-19/h1-9,14H,10-13H2/b7-6+. The average molecular weight is 334 g/mol. The average Bonchev–Trinajstić information content (AvgIpc) is 3.10. The lowest BCUT2D eigenvalue weighted by molar-refractivity contribution is -0.126. The number of piperazine rings is 1. The smallest absolute Gasteiger partial charge is 0.246 e. The summed E-state index contributed by atoms with van der Waals surface area (Å²) < 4.78 is 5.70. The second-order valence-electron chi connectivity index (χ2n) is 5.88. The van der Waals surface area contributed by atoms with E-state index in [4.69, 9.17) is 4.42 Å². The van der Waals surface area contributed by atoms with E-state index >= 15 is 0 Å². The lowest BCUT2D eigenvalue weighted by Crippen LogP contribution is -2.48. The number of furan rings is 1. The quantitative estimate of drug-likeness (QED) is 0.689. The minimum Gasteiger partial charge on any atom is -0.457 e. The maximum absolute atomic E-state index is 12.4. The zero-order valence-electron chi connectivity index (χ0n) is 13.7. The van der Waals surface area contributed by atoms with E-state index in [1.807, 2.05) is 35.2 Å². The molecule has 3 aromatic rings. The summed E-state index contributed by atoms with van der Waals surface area (Å²) in [6, 6.07) is 11.5. The van der Waals surface area contributed by atoms with Crippen LogP contribution < -0.4 is 4.90 Å². The fourth-order valence-electron chi connectivity index (χ4n) is 2.92. The molecule has 1 saturated heterocycles. The van der Waals surface area contributed by atoms with Gasteiger partial charge in [0.2, 0.25) is 11.9 Å². The number of nitrogens with zero attached hydrogens (tertiary/aromatic N) is 4. The van der Waals surface area contributed by atoms with Gasteiger partial charge < -0.3 is 14.2 Å². The van der Waals surface area contributed by atoms with Crippen molar-refractivity contribution >= 4 is 28.9 Å². The molecule has 0 spiro atoms. The molecule has 0 bridgehead atoms. The first-order valence-corrected chi connectivity index (χ1v) is 8.27. The first-order valence-electron chi connectivity index (χ1n) is 8.27. The van der Waals surface area contributed by atoms with Gasteiger partial charge >= 0.3 is 0 Å². The first kappa shape index (κ1) is 15.4. The van der Waals surface area contributed by atoms with Gasteiger partial charge in [0.25, 0.3) is 0 Å². The Morgan fingerprint density at radius 3 is 2.56 bits per heavy atom. The van der Waals surface area contributed by atoms with E-state index in [0.29, 0.717) is 24.8 Å². The SMILES string of the molecule is O=C(/C=C/c1cc2ccccc2o1)N1CCN(c2ncccn2)CC1. The molecular weight excluding hydrogens is 316 g/mol. The van der Waals surface area contributed by atoms with Crippen LogP contribution in [0.2, 0.25) is 0 Å². The predicted molar refractivity (Wildman–Crippen MR) is 96.1 cm³/mol. The minimum absolute atomic E-state index is 0.00548. The Morgan fingerprint density at radius 1 is 1.04 bits per heavy atom. The normalized spacial score (nSPS) is 15.2. The fourth-order valence-corrected chi connectivity index (χ4v) is 2.92. The van der Waals surface area contributed by atoms with Gasteiger partial charge in [-0.15, -0.1) is 0 Å². The Bertz CT molecular complexity index is 863. The highest BCUT2D eigenvalue weighted by molar-refractivity contribution is 5.92. The molecule has 0 atom stereocenters. The van der Waals surface area contributed by atoms with Crippen LogP contribution in [0, 0.1) is 0 Å². The Labute approximate surface area is 145 Å². The summed E-state index contributed by atoms with van der Waals surface area (Å²) in [6.07, 6.45) is 6.77. The summed E-state index contributed by atoms with van der Waals surface area (Å²) in [6.45, 7) is 2.77. The van der Waals surface area contributed by atoms with Crippen LogP contribution in [0.3, 0.4) is 0 Å². The number of carbonyl (C=O) groups is 1. The molecule has 6 heteroatoms. The third kappa shape index (κ3) is 3.38. The lowest BCUT2D eigenvalue weighted by Gasteiger charge is -2.34. The Hall–Kier alpha value is -3.15. The van der Waals surface area contributed by atoms with Crippen LogP contribution >= 0.6 is 0 Å². The summed E-state index contributed by atoms with van der Waals surface area (Å²) in [5.41, 5.74) is 0.825. The van der Waals surface area contributed by atoms with Gasteiger partial charge in [0.05, 0.1) is 0 Å². The van der Waals surface area contributed by atoms with E-state index < -0.39 is 0 Å². The number of anilines is 1. The van der Waals surface area contributed by atoms with Crippen molar-refractivity contribution < 1.29 is 9.21 Å². The molecule has 0 saturated carbocycles. The number of aromatic nitrogens is 2. The second-order valence-corrected chi connectivity index (χ2v) is 5.88. The van der Waals surface area contributed by atoms with E-state index in [-0.39, 0.29) is 5.91 Å². The molecule has 0 aliphatic carbocycles. The maximum atomic E-state index is 12.4. The monoisotopic (exact) mass is 334 g/mol. The molecule has 2 aromatic heterocycles. The molecule has 25 heavy (non-hydrogen) atoms. The third-order valence-electron chi connectivity index (χ3n) is 4.26. The molecule has 1 fully saturated rings. The van der Waals surface area contributed by atoms with Crippen molar-refractivity contribution in [3.63, 3.8) is 0 Å². The summed E-state index contributed by atoms with van der Waals surface area (Å²) in [5.74, 6) is 1.40. The highest BCUT2D eigenvalue weighted by atomic mass is 16.3. The molecule has 1 amide bonds. The fraction of sp³-hybridized carbons (Fsp3) is 0.211. The van der Waals surface area contributed by atoms with Gasteiger partial charge in [0.1, 0.15) is 11.3 Å². The van der Waals surface area contributed by atoms with Crippen molar-refractivity contribution in [3.05, 3.63) is 60.6 Å². The molecule has 1 aliphatic heterocycles. The van der Waals surface area contributed by atoms with Crippen LogP contribution in [0.4, 0.5) is 5.95 Å². The molecule has 3 heterocycles. The molecular formula is C19H18N4O2. The molecule has 126 valence electrons. The molecule has 6 nitrogen and oxygen atoms in total. The summed E-state index contributed by atoms with van der Waals surface area (Å²) >= 11 is 0. The number of fused-ring (bicyclic) bond motifs is 1. The van der Waals surface area contributed by atoms with Crippen molar-refractivity contribution in [2.24, 2.45) is 0 Å². The predicted octanol–water partition coefficient (Wildman–Crippen LogP) is 2.58. The second kappa shape index (κ2) is 6.76. The van der Waals surface area contributed by atoms with Gasteiger partial charge in [-0.1, -0.05) is 18.2 Å². The van der Waals surface area contributed by atoms with Crippen LogP contribution in [0.25, 0.3) is 17.0 Å². The van der Waals surface area contributed by atoms with Crippen molar-refractivity contribution in [1.29, 1.82) is 0 Å². The largest absolute Gasteiger partial charge is 0.457 e. The van der Waals surface area contributed by atoms with Crippen LogP contribution in [0.1, 0.15) is 5.76 Å². The van der Waals surface area contributed by atoms with Crippen LogP contribution in [-0.4, -0.2) is 47.0 Å². The van der Waals surface area contributed by atoms with E-state index in [9.17, 15) is 4.79 Å². The number of hydrogen-bond acceptors (Lipinski definition) is 5. The van der Waals surface area contributed by atoms with E-state index in [1.165, 1.54) is 0 Å². The molecule has 0 N–H and O–H groups in total. The van der Waals surface area contributed by atoms with Gasteiger partial charge in [-0.2, -0.15) is 0 Å². The maximum Gasteiger partial charge on any atom is 0.246 e. The van der Waals surface area contributed by atoms with E-state index in [2.05, 4.69) is 14.9 Å². The van der Waals surface area contributed by atoms with Crippen LogP contribution in [-0.2, 0) is 4.79 Å². The van der Waals surface area contributed by atoms with Gasteiger partial charge in [-0.25, -0.2) is 9.97 Å². The van der Waals surface area contributed by atoms with Gasteiger partial charge in [-0.05, 0) is 24.3 Å². The molecule has 4 rings (SSSR count). The molecule has 1 aliphatic rings. The molecule has 0 radical (unpaired) electrons. The number of para-hydroxylation sites is 1.